The molecular formula is C17H27FN2. The quantitative estimate of drug-likeness (QED) is 0.827. The lowest BCUT2D eigenvalue weighted by Gasteiger charge is -2.29. The first-order chi connectivity index (χ1) is 9.38. The van der Waals surface area contributed by atoms with Gasteiger partial charge in [-0.25, -0.2) is 4.39 Å². The highest BCUT2D eigenvalue weighted by Gasteiger charge is 2.27. The molecule has 1 unspecified atom stereocenters. The molecule has 1 atom stereocenters. The predicted molar refractivity (Wildman–Crippen MR) is 82.9 cm³/mol. The molecule has 2 nitrogen and oxygen atoms in total. The van der Waals surface area contributed by atoms with Crippen LogP contribution in [0.1, 0.15) is 45.6 Å². The van der Waals surface area contributed by atoms with Crippen molar-refractivity contribution in [2.45, 2.75) is 46.6 Å². The Kier molecular flexibility index (Phi) is 4.69. The Bertz CT molecular complexity index is 431. The maximum Gasteiger partial charge on any atom is 0.129 e. The average molecular weight is 278 g/mol. The van der Waals surface area contributed by atoms with E-state index in [1.54, 1.807) is 12.1 Å². The predicted octanol–water partition coefficient (Wildman–Crippen LogP) is 4.06. The number of anilines is 1. The molecule has 0 saturated carbocycles. The smallest absolute Gasteiger partial charge is 0.129 e. The molecule has 2 rings (SSSR count). The number of hydrogen-bond acceptors (Lipinski definition) is 2. The first-order valence-corrected chi connectivity index (χ1v) is 7.63. The van der Waals surface area contributed by atoms with Gasteiger partial charge < -0.3 is 5.73 Å². The van der Waals surface area contributed by atoms with E-state index in [4.69, 9.17) is 5.73 Å². The van der Waals surface area contributed by atoms with Crippen molar-refractivity contribution < 1.29 is 4.39 Å². The summed E-state index contributed by atoms with van der Waals surface area (Å²) in [6, 6.07) is 4.96. The summed E-state index contributed by atoms with van der Waals surface area (Å²) in [4.78, 5) is 2.35. The minimum atomic E-state index is -0.179. The first-order valence-electron chi connectivity index (χ1n) is 7.63. The van der Waals surface area contributed by atoms with Crippen molar-refractivity contribution in [2.75, 3.05) is 18.8 Å². The van der Waals surface area contributed by atoms with Crippen LogP contribution < -0.4 is 5.73 Å². The Morgan fingerprint density at radius 1 is 1.25 bits per heavy atom. The van der Waals surface area contributed by atoms with E-state index in [0.29, 0.717) is 23.2 Å². The summed E-state index contributed by atoms with van der Waals surface area (Å²) < 4.78 is 13.9. The van der Waals surface area contributed by atoms with Gasteiger partial charge in [-0.1, -0.05) is 26.8 Å². The minimum Gasteiger partial charge on any atom is -0.398 e. The lowest BCUT2D eigenvalue weighted by molar-refractivity contribution is 0.206. The van der Waals surface area contributed by atoms with Crippen LogP contribution in [0.4, 0.5) is 10.1 Å². The maximum atomic E-state index is 13.9. The van der Waals surface area contributed by atoms with E-state index >= 15 is 0 Å². The second kappa shape index (κ2) is 6.13. The van der Waals surface area contributed by atoms with Gasteiger partial charge in [0, 0.05) is 17.8 Å². The zero-order valence-electron chi connectivity index (χ0n) is 13.0. The fourth-order valence-corrected chi connectivity index (χ4v) is 3.15. The molecule has 1 aliphatic heterocycles. The highest BCUT2D eigenvalue weighted by molar-refractivity contribution is 5.47. The molecular weight excluding hydrogens is 251 g/mol. The maximum absolute atomic E-state index is 13.9. The van der Waals surface area contributed by atoms with Crippen molar-refractivity contribution >= 4 is 5.69 Å². The number of nitrogen functional groups attached to an aromatic ring is 1. The van der Waals surface area contributed by atoms with E-state index in [1.165, 1.54) is 25.3 Å². The van der Waals surface area contributed by atoms with Gasteiger partial charge in [-0.2, -0.15) is 0 Å². The van der Waals surface area contributed by atoms with Crippen molar-refractivity contribution in [3.05, 3.63) is 29.6 Å². The zero-order chi connectivity index (χ0) is 14.8. The van der Waals surface area contributed by atoms with Gasteiger partial charge in [0.05, 0.1) is 0 Å². The lowest BCUT2D eigenvalue weighted by Crippen LogP contribution is -2.26. The molecule has 0 spiro atoms. The topological polar surface area (TPSA) is 29.3 Å². The van der Waals surface area contributed by atoms with Crippen molar-refractivity contribution in [1.82, 2.24) is 4.90 Å². The summed E-state index contributed by atoms with van der Waals surface area (Å²) in [6.45, 7) is 9.68. The van der Waals surface area contributed by atoms with Crippen LogP contribution in [0.3, 0.4) is 0 Å². The monoisotopic (exact) mass is 278 g/mol. The lowest BCUT2D eigenvalue weighted by atomic mass is 9.77. The zero-order valence-corrected chi connectivity index (χ0v) is 13.0. The van der Waals surface area contributed by atoms with E-state index < -0.39 is 0 Å². The van der Waals surface area contributed by atoms with E-state index in [9.17, 15) is 4.39 Å². The van der Waals surface area contributed by atoms with Gasteiger partial charge in [-0.05, 0) is 55.8 Å². The standard InChI is InChI=1S/C17H27FN2/c1-17(2,3)13-6-5-10-20(11-9-13)12-14-15(18)7-4-8-16(14)19/h4,7-8,13H,5-6,9-12,19H2,1-3H3. The molecule has 1 aromatic carbocycles. The fourth-order valence-electron chi connectivity index (χ4n) is 3.15. The van der Waals surface area contributed by atoms with Crippen LogP contribution in [0.2, 0.25) is 0 Å². The molecule has 1 aliphatic rings. The van der Waals surface area contributed by atoms with Gasteiger partial charge in [0.1, 0.15) is 5.82 Å². The number of benzene rings is 1. The summed E-state index contributed by atoms with van der Waals surface area (Å²) in [7, 11) is 0. The number of hydrogen-bond donors (Lipinski definition) is 1. The number of halogens is 1. The summed E-state index contributed by atoms with van der Waals surface area (Å²) in [5, 5.41) is 0. The van der Waals surface area contributed by atoms with Crippen LogP contribution in [0.25, 0.3) is 0 Å². The van der Waals surface area contributed by atoms with Crippen molar-refractivity contribution in [1.29, 1.82) is 0 Å². The number of likely N-dealkylation sites (tertiary alicyclic amines) is 1. The molecule has 0 aliphatic carbocycles. The Balaban J connectivity index is 2.01. The van der Waals surface area contributed by atoms with Gasteiger partial charge in [0.2, 0.25) is 0 Å². The summed E-state index contributed by atoms with van der Waals surface area (Å²) in [5.41, 5.74) is 7.50. The van der Waals surface area contributed by atoms with E-state index in [0.717, 1.165) is 19.0 Å². The molecule has 1 fully saturated rings. The van der Waals surface area contributed by atoms with Gasteiger partial charge in [-0.15, -0.1) is 0 Å². The van der Waals surface area contributed by atoms with E-state index in [2.05, 4.69) is 25.7 Å². The van der Waals surface area contributed by atoms with Gasteiger partial charge >= 0.3 is 0 Å². The number of rotatable bonds is 2. The third-order valence-electron chi connectivity index (χ3n) is 4.58. The largest absolute Gasteiger partial charge is 0.398 e. The van der Waals surface area contributed by atoms with Crippen LogP contribution >= 0.6 is 0 Å². The summed E-state index contributed by atoms with van der Waals surface area (Å²) >= 11 is 0. The van der Waals surface area contributed by atoms with E-state index in [1.807, 2.05) is 0 Å². The summed E-state index contributed by atoms with van der Waals surface area (Å²) in [6.07, 6.45) is 3.65. The molecule has 0 amide bonds. The highest BCUT2D eigenvalue weighted by Crippen LogP contribution is 2.34. The molecule has 2 N–H and O–H groups in total. The van der Waals surface area contributed by atoms with Crippen molar-refractivity contribution in [3.63, 3.8) is 0 Å². The fraction of sp³-hybridized carbons (Fsp3) is 0.647. The second-order valence-electron chi connectivity index (χ2n) is 7.08. The van der Waals surface area contributed by atoms with E-state index in [-0.39, 0.29) is 5.82 Å². The van der Waals surface area contributed by atoms with Crippen molar-refractivity contribution in [2.24, 2.45) is 11.3 Å². The molecule has 20 heavy (non-hydrogen) atoms. The highest BCUT2D eigenvalue weighted by atomic mass is 19.1. The third-order valence-corrected chi connectivity index (χ3v) is 4.58. The Hall–Kier alpha value is -1.09. The van der Waals surface area contributed by atoms with Gasteiger partial charge in [-0.3, -0.25) is 4.90 Å². The normalized spacial score (nSPS) is 21.7. The SMILES string of the molecule is CC(C)(C)C1CCCN(Cc2c(N)cccc2F)CC1. The average Bonchev–Trinajstić information content (AvgIpc) is 2.59. The molecule has 0 aromatic heterocycles. The minimum absolute atomic E-state index is 0.179. The summed E-state index contributed by atoms with van der Waals surface area (Å²) in [5.74, 6) is 0.576. The Labute approximate surface area is 122 Å². The van der Waals surface area contributed by atoms with Crippen LogP contribution in [-0.2, 0) is 6.54 Å². The van der Waals surface area contributed by atoms with Gasteiger partial charge in [0.25, 0.3) is 0 Å². The third kappa shape index (κ3) is 3.72. The van der Waals surface area contributed by atoms with Crippen LogP contribution in [0, 0.1) is 17.2 Å². The number of nitrogens with two attached hydrogens (primary N) is 1. The molecule has 1 heterocycles. The Morgan fingerprint density at radius 2 is 2.00 bits per heavy atom. The van der Waals surface area contributed by atoms with Gasteiger partial charge in [0.15, 0.2) is 0 Å². The van der Waals surface area contributed by atoms with Crippen LogP contribution in [0.15, 0.2) is 18.2 Å². The molecule has 1 saturated heterocycles. The molecule has 0 bridgehead atoms. The Morgan fingerprint density at radius 3 is 2.65 bits per heavy atom. The molecule has 112 valence electrons. The molecule has 3 heteroatoms. The first kappa shape index (κ1) is 15.3. The second-order valence-corrected chi connectivity index (χ2v) is 7.08. The van der Waals surface area contributed by atoms with Crippen LogP contribution in [-0.4, -0.2) is 18.0 Å². The molecule has 1 aromatic rings. The molecule has 0 radical (unpaired) electrons. The van der Waals surface area contributed by atoms with Crippen molar-refractivity contribution in [3.8, 4) is 0 Å². The van der Waals surface area contributed by atoms with Crippen LogP contribution in [0.5, 0.6) is 0 Å². The number of nitrogens with zero attached hydrogens (tertiary/aromatic N) is 1.